The van der Waals surface area contributed by atoms with E-state index in [9.17, 15) is 9.90 Å². The van der Waals surface area contributed by atoms with Crippen molar-refractivity contribution in [1.29, 1.82) is 0 Å². The maximum absolute atomic E-state index is 11.8. The van der Waals surface area contributed by atoms with Gasteiger partial charge in [-0.2, -0.15) is 0 Å². The number of aromatic nitrogens is 1. The van der Waals surface area contributed by atoms with Gasteiger partial charge < -0.3 is 9.67 Å². The van der Waals surface area contributed by atoms with Gasteiger partial charge in [-0.05, 0) is 26.3 Å². The smallest absolute Gasteiger partial charge is 0.223 e. The molecule has 0 spiro atoms. The number of nitrogens with zero attached hydrogens (tertiary/aromatic N) is 2. The summed E-state index contributed by atoms with van der Waals surface area (Å²) in [6, 6.07) is 2.25. The second kappa shape index (κ2) is 9.11. The highest BCUT2D eigenvalue weighted by molar-refractivity contribution is 5.20. The van der Waals surface area contributed by atoms with Crippen molar-refractivity contribution in [3.8, 4) is 5.75 Å². The van der Waals surface area contributed by atoms with Crippen LogP contribution >= 0.6 is 0 Å². The van der Waals surface area contributed by atoms with Gasteiger partial charge in [0.05, 0.1) is 6.20 Å². The van der Waals surface area contributed by atoms with Gasteiger partial charge in [0, 0.05) is 30.9 Å². The van der Waals surface area contributed by atoms with Crippen molar-refractivity contribution in [2.45, 2.75) is 83.8 Å². The van der Waals surface area contributed by atoms with Gasteiger partial charge in [-0.1, -0.05) is 45.4 Å². The molecule has 1 saturated carbocycles. The van der Waals surface area contributed by atoms with Crippen molar-refractivity contribution in [1.82, 2.24) is 9.47 Å². The van der Waals surface area contributed by atoms with Crippen LogP contribution in [0.3, 0.4) is 0 Å². The van der Waals surface area contributed by atoms with E-state index in [4.69, 9.17) is 0 Å². The summed E-state index contributed by atoms with van der Waals surface area (Å²) in [4.78, 5) is 14.2. The molecule has 1 aliphatic rings. The summed E-state index contributed by atoms with van der Waals surface area (Å²) in [5, 5.41) is 9.76. The summed E-state index contributed by atoms with van der Waals surface area (Å²) in [6.07, 6.45) is 12.9. The Morgan fingerprint density at radius 3 is 2.65 bits per heavy atom. The van der Waals surface area contributed by atoms with Gasteiger partial charge in [0.25, 0.3) is 0 Å². The lowest BCUT2D eigenvalue weighted by atomic mass is 9.94. The molecular formula is C19H32N2O2. The Labute approximate surface area is 140 Å². The van der Waals surface area contributed by atoms with Crippen LogP contribution in [0.1, 0.15) is 70.4 Å². The Bertz CT molecular complexity index is 533. The number of hydrogen-bond acceptors (Lipinski definition) is 3. The summed E-state index contributed by atoms with van der Waals surface area (Å²) >= 11 is 0. The quantitative estimate of drug-likeness (QED) is 0.739. The van der Waals surface area contributed by atoms with Gasteiger partial charge in [0.2, 0.25) is 5.43 Å². The van der Waals surface area contributed by atoms with Gasteiger partial charge in [0.15, 0.2) is 5.75 Å². The topological polar surface area (TPSA) is 45.5 Å². The van der Waals surface area contributed by atoms with Crippen LogP contribution < -0.4 is 5.43 Å². The molecule has 2 rings (SSSR count). The molecule has 0 aromatic carbocycles. The largest absolute Gasteiger partial charge is 0.503 e. The number of aryl methyl sites for hydroxylation is 1. The van der Waals surface area contributed by atoms with Crippen LogP contribution in [-0.4, -0.2) is 27.7 Å². The Balaban J connectivity index is 2.05. The van der Waals surface area contributed by atoms with Gasteiger partial charge in [-0.25, -0.2) is 0 Å². The number of unbranched alkanes of at least 4 members (excludes halogenated alkanes) is 3. The molecule has 23 heavy (non-hydrogen) atoms. The molecule has 0 bridgehead atoms. The average Bonchev–Trinajstić information content (AvgIpc) is 2.56. The number of pyridine rings is 1. The minimum Gasteiger partial charge on any atom is -0.503 e. The van der Waals surface area contributed by atoms with Crippen LogP contribution in [0.2, 0.25) is 0 Å². The van der Waals surface area contributed by atoms with Crippen LogP contribution in [0.15, 0.2) is 17.1 Å². The second-order valence-electron chi connectivity index (χ2n) is 6.98. The van der Waals surface area contributed by atoms with E-state index in [2.05, 4.69) is 23.4 Å². The number of hydrogen-bond donors (Lipinski definition) is 1. The highest BCUT2D eigenvalue weighted by Crippen LogP contribution is 2.23. The molecule has 1 aromatic rings. The van der Waals surface area contributed by atoms with Crippen LogP contribution in [-0.2, 0) is 13.1 Å². The zero-order chi connectivity index (χ0) is 16.7. The SMILES string of the molecule is CCCCCCn1cc(O)c(=O)cc1CN(C)C1CCCCC1. The number of aromatic hydroxyl groups is 1. The Morgan fingerprint density at radius 2 is 1.96 bits per heavy atom. The molecule has 130 valence electrons. The molecular weight excluding hydrogens is 288 g/mol. The second-order valence-corrected chi connectivity index (χ2v) is 6.98. The Kier molecular flexibility index (Phi) is 7.15. The van der Waals surface area contributed by atoms with Crippen molar-refractivity contribution in [2.24, 2.45) is 0 Å². The van der Waals surface area contributed by atoms with E-state index in [0.29, 0.717) is 6.04 Å². The third-order valence-electron chi connectivity index (χ3n) is 5.06. The predicted octanol–water partition coefficient (Wildman–Crippen LogP) is 3.90. The summed E-state index contributed by atoms with van der Waals surface area (Å²) in [6.45, 7) is 3.87. The monoisotopic (exact) mass is 320 g/mol. The van der Waals surface area contributed by atoms with Crippen molar-refractivity contribution in [3.05, 3.63) is 28.2 Å². The fourth-order valence-corrected chi connectivity index (χ4v) is 3.56. The van der Waals surface area contributed by atoms with E-state index >= 15 is 0 Å². The molecule has 0 saturated heterocycles. The molecule has 1 heterocycles. The van der Waals surface area contributed by atoms with Crippen LogP contribution in [0.5, 0.6) is 5.75 Å². The lowest BCUT2D eigenvalue weighted by molar-refractivity contribution is 0.180. The molecule has 1 fully saturated rings. The summed E-state index contributed by atoms with van der Waals surface area (Å²) in [5.74, 6) is -0.135. The van der Waals surface area contributed by atoms with E-state index in [1.807, 2.05) is 0 Å². The average molecular weight is 320 g/mol. The first-order valence-corrected chi connectivity index (χ1v) is 9.24. The first-order chi connectivity index (χ1) is 11.1. The molecule has 0 atom stereocenters. The van der Waals surface area contributed by atoms with Gasteiger partial charge in [-0.3, -0.25) is 9.69 Å². The first-order valence-electron chi connectivity index (χ1n) is 9.24. The standard InChI is InChI=1S/C19H32N2O2/c1-3-4-5-9-12-21-15-19(23)18(22)13-17(21)14-20(2)16-10-7-6-8-11-16/h13,15-16,23H,3-12,14H2,1-2H3. The van der Waals surface area contributed by atoms with Crippen molar-refractivity contribution < 1.29 is 5.11 Å². The zero-order valence-corrected chi connectivity index (χ0v) is 14.8. The van der Waals surface area contributed by atoms with Gasteiger partial charge in [-0.15, -0.1) is 0 Å². The highest BCUT2D eigenvalue weighted by Gasteiger charge is 2.19. The molecule has 4 nitrogen and oxygen atoms in total. The normalized spacial score (nSPS) is 16.1. The van der Waals surface area contributed by atoms with E-state index < -0.39 is 0 Å². The lowest BCUT2D eigenvalue weighted by Crippen LogP contribution is -2.34. The maximum Gasteiger partial charge on any atom is 0.223 e. The van der Waals surface area contributed by atoms with Gasteiger partial charge in [0.1, 0.15) is 0 Å². The zero-order valence-electron chi connectivity index (χ0n) is 14.8. The van der Waals surface area contributed by atoms with E-state index in [-0.39, 0.29) is 11.2 Å². The summed E-state index contributed by atoms with van der Waals surface area (Å²) in [5.41, 5.74) is 0.763. The summed E-state index contributed by atoms with van der Waals surface area (Å²) < 4.78 is 2.08. The molecule has 0 aliphatic heterocycles. The fourth-order valence-electron chi connectivity index (χ4n) is 3.56. The molecule has 0 unspecified atom stereocenters. The highest BCUT2D eigenvalue weighted by atomic mass is 16.3. The first kappa shape index (κ1) is 18.1. The molecule has 4 heteroatoms. The predicted molar refractivity (Wildman–Crippen MR) is 94.8 cm³/mol. The third kappa shape index (κ3) is 5.38. The Hall–Kier alpha value is -1.29. The van der Waals surface area contributed by atoms with E-state index in [0.717, 1.165) is 25.2 Å². The molecule has 1 aliphatic carbocycles. The number of rotatable bonds is 8. The van der Waals surface area contributed by atoms with Crippen LogP contribution in [0, 0.1) is 0 Å². The molecule has 0 amide bonds. The lowest BCUT2D eigenvalue weighted by Gasteiger charge is -2.31. The van der Waals surface area contributed by atoms with Crippen molar-refractivity contribution >= 4 is 0 Å². The van der Waals surface area contributed by atoms with E-state index in [1.165, 1.54) is 51.4 Å². The summed E-state index contributed by atoms with van der Waals surface area (Å²) in [7, 11) is 2.16. The Morgan fingerprint density at radius 1 is 1.22 bits per heavy atom. The molecule has 0 radical (unpaired) electrons. The minimum absolute atomic E-state index is 0.135. The fraction of sp³-hybridized carbons (Fsp3) is 0.737. The van der Waals surface area contributed by atoms with Gasteiger partial charge >= 0.3 is 0 Å². The molecule has 1 aromatic heterocycles. The molecule has 1 N–H and O–H groups in total. The van der Waals surface area contributed by atoms with Crippen LogP contribution in [0.25, 0.3) is 0 Å². The minimum atomic E-state index is -0.262. The van der Waals surface area contributed by atoms with Crippen LogP contribution in [0.4, 0.5) is 0 Å². The third-order valence-corrected chi connectivity index (χ3v) is 5.06. The maximum atomic E-state index is 11.8. The van der Waals surface area contributed by atoms with Crippen molar-refractivity contribution in [2.75, 3.05) is 7.05 Å². The van der Waals surface area contributed by atoms with Crippen molar-refractivity contribution in [3.63, 3.8) is 0 Å². The van der Waals surface area contributed by atoms with E-state index in [1.54, 1.807) is 12.3 Å².